The molecule has 0 heterocycles. The minimum absolute atomic E-state index is 0.0668. The van der Waals surface area contributed by atoms with Crippen molar-refractivity contribution < 1.29 is 28.6 Å². The zero-order valence-corrected chi connectivity index (χ0v) is 53.9. The van der Waals surface area contributed by atoms with Crippen molar-refractivity contribution >= 4 is 17.9 Å². The standard InChI is InChI=1S/C73H140O6/c1-4-7-10-13-16-19-22-25-28-29-30-31-32-33-34-35-36-37-38-39-40-41-42-43-44-45-46-49-51-54-57-60-63-66-72(75)78-69-70(79-73(76)67-64-61-58-55-52-48-27-24-21-18-15-12-9-6-3)68-77-71(74)65-62-59-56-53-50-47-26-23-20-17-14-11-8-5-2/h24,27,70H,4-23,25-26,28-69H2,1-3H3/b27-24-. The molecule has 0 aliphatic heterocycles. The first-order chi connectivity index (χ1) is 39.0. The summed E-state index contributed by atoms with van der Waals surface area (Å²) in [6.07, 6.45) is 82.7. The Morgan fingerprint density at radius 3 is 0.633 bits per heavy atom. The SMILES string of the molecule is CCCCCCC/C=C\CCCCCCCC(=O)OC(COC(=O)CCCCCCCCCCCCCCCC)COC(=O)CCCCCCCCCCCCCCCCCCCCCCCCCCCCCCCCCCC. The molecule has 0 amide bonds. The molecule has 6 heteroatoms. The van der Waals surface area contributed by atoms with Crippen LogP contribution in [0.2, 0.25) is 0 Å². The number of hydrogen-bond donors (Lipinski definition) is 0. The highest BCUT2D eigenvalue weighted by atomic mass is 16.6. The fraction of sp³-hybridized carbons (Fsp3) is 0.932. The van der Waals surface area contributed by atoms with Crippen molar-refractivity contribution in [3.05, 3.63) is 12.2 Å². The van der Waals surface area contributed by atoms with E-state index in [1.807, 2.05) is 0 Å². The van der Waals surface area contributed by atoms with E-state index in [2.05, 4.69) is 32.9 Å². The summed E-state index contributed by atoms with van der Waals surface area (Å²) in [6, 6.07) is 0. The van der Waals surface area contributed by atoms with Gasteiger partial charge >= 0.3 is 17.9 Å². The lowest BCUT2D eigenvalue weighted by Crippen LogP contribution is -2.30. The van der Waals surface area contributed by atoms with Gasteiger partial charge in [-0.25, -0.2) is 0 Å². The van der Waals surface area contributed by atoms with Crippen LogP contribution in [0, 0.1) is 0 Å². The van der Waals surface area contributed by atoms with Gasteiger partial charge < -0.3 is 14.2 Å². The molecule has 0 saturated heterocycles. The lowest BCUT2D eigenvalue weighted by molar-refractivity contribution is -0.167. The molecule has 0 N–H and O–H groups in total. The predicted molar refractivity (Wildman–Crippen MR) is 344 cm³/mol. The first-order valence-corrected chi connectivity index (χ1v) is 36.2. The van der Waals surface area contributed by atoms with Gasteiger partial charge in [0.2, 0.25) is 0 Å². The number of hydrogen-bond acceptors (Lipinski definition) is 6. The Morgan fingerprint density at radius 2 is 0.418 bits per heavy atom. The van der Waals surface area contributed by atoms with Crippen molar-refractivity contribution in [3.63, 3.8) is 0 Å². The van der Waals surface area contributed by atoms with Crippen molar-refractivity contribution in [1.29, 1.82) is 0 Å². The quantitative estimate of drug-likeness (QED) is 0.0261. The molecule has 0 bridgehead atoms. The summed E-state index contributed by atoms with van der Waals surface area (Å²) >= 11 is 0. The third kappa shape index (κ3) is 66.8. The van der Waals surface area contributed by atoms with E-state index in [-0.39, 0.29) is 31.1 Å². The molecule has 0 radical (unpaired) electrons. The van der Waals surface area contributed by atoms with E-state index in [1.165, 1.54) is 315 Å². The Labute approximate surface area is 494 Å². The van der Waals surface area contributed by atoms with Gasteiger partial charge in [-0.2, -0.15) is 0 Å². The Balaban J connectivity index is 4.05. The molecule has 0 aromatic heterocycles. The van der Waals surface area contributed by atoms with E-state index in [4.69, 9.17) is 14.2 Å². The molecule has 0 aromatic carbocycles. The van der Waals surface area contributed by atoms with E-state index in [9.17, 15) is 14.4 Å². The first kappa shape index (κ1) is 77.2. The predicted octanol–water partition coefficient (Wildman–Crippen LogP) is 24.8. The summed E-state index contributed by atoms with van der Waals surface area (Å²) in [5.74, 6) is -0.843. The van der Waals surface area contributed by atoms with Crippen molar-refractivity contribution in [2.45, 2.75) is 425 Å². The average Bonchev–Trinajstić information content (AvgIpc) is 3.45. The van der Waals surface area contributed by atoms with E-state index < -0.39 is 6.10 Å². The largest absolute Gasteiger partial charge is 0.462 e. The normalized spacial score (nSPS) is 12.0. The maximum Gasteiger partial charge on any atom is 0.306 e. The molecular weight excluding hydrogens is 973 g/mol. The molecule has 0 saturated carbocycles. The molecule has 1 atom stereocenters. The number of carbonyl (C=O) groups excluding carboxylic acids is 3. The lowest BCUT2D eigenvalue weighted by Gasteiger charge is -2.18. The molecule has 0 aliphatic carbocycles. The second-order valence-electron chi connectivity index (χ2n) is 24.9. The van der Waals surface area contributed by atoms with Crippen LogP contribution in [0.25, 0.3) is 0 Å². The molecule has 79 heavy (non-hydrogen) atoms. The molecular formula is C73H140O6. The fourth-order valence-corrected chi connectivity index (χ4v) is 11.3. The summed E-state index contributed by atoms with van der Waals surface area (Å²) in [6.45, 7) is 6.71. The van der Waals surface area contributed by atoms with Crippen molar-refractivity contribution in [2.24, 2.45) is 0 Å². The van der Waals surface area contributed by atoms with Crippen LogP contribution in [-0.2, 0) is 28.6 Å². The minimum Gasteiger partial charge on any atom is -0.462 e. The maximum absolute atomic E-state index is 12.9. The Kier molecular flexibility index (Phi) is 67.0. The van der Waals surface area contributed by atoms with Crippen LogP contribution in [-0.4, -0.2) is 37.2 Å². The van der Waals surface area contributed by atoms with Gasteiger partial charge in [-0.15, -0.1) is 0 Å². The second kappa shape index (κ2) is 68.6. The minimum atomic E-state index is -0.770. The van der Waals surface area contributed by atoms with Gasteiger partial charge in [0.25, 0.3) is 0 Å². The number of allylic oxidation sites excluding steroid dienone is 2. The molecule has 0 aliphatic rings. The average molecular weight is 1110 g/mol. The van der Waals surface area contributed by atoms with E-state index >= 15 is 0 Å². The highest BCUT2D eigenvalue weighted by Gasteiger charge is 2.19. The third-order valence-electron chi connectivity index (χ3n) is 16.8. The summed E-state index contributed by atoms with van der Waals surface area (Å²) in [5.41, 5.74) is 0. The zero-order chi connectivity index (χ0) is 57.1. The third-order valence-corrected chi connectivity index (χ3v) is 16.8. The molecule has 0 spiro atoms. The molecule has 1 unspecified atom stereocenters. The van der Waals surface area contributed by atoms with Gasteiger partial charge in [-0.05, 0) is 44.9 Å². The van der Waals surface area contributed by atoms with Gasteiger partial charge in [0.05, 0.1) is 0 Å². The zero-order valence-electron chi connectivity index (χ0n) is 53.9. The first-order valence-electron chi connectivity index (χ1n) is 36.2. The lowest BCUT2D eigenvalue weighted by atomic mass is 10.0. The van der Waals surface area contributed by atoms with E-state index in [1.54, 1.807) is 0 Å². The molecule has 0 fully saturated rings. The van der Waals surface area contributed by atoms with Gasteiger partial charge in [0.15, 0.2) is 6.10 Å². The monoisotopic (exact) mass is 1110 g/mol. The van der Waals surface area contributed by atoms with Gasteiger partial charge in [-0.3, -0.25) is 14.4 Å². The molecule has 6 nitrogen and oxygen atoms in total. The van der Waals surface area contributed by atoms with Crippen LogP contribution in [0.1, 0.15) is 419 Å². The number of esters is 3. The summed E-state index contributed by atoms with van der Waals surface area (Å²) in [4.78, 5) is 38.3. The van der Waals surface area contributed by atoms with Gasteiger partial charge in [-0.1, -0.05) is 367 Å². The van der Waals surface area contributed by atoms with Crippen LogP contribution >= 0.6 is 0 Å². The molecule has 0 rings (SSSR count). The van der Waals surface area contributed by atoms with Crippen LogP contribution in [0.3, 0.4) is 0 Å². The van der Waals surface area contributed by atoms with Crippen molar-refractivity contribution in [2.75, 3.05) is 13.2 Å². The van der Waals surface area contributed by atoms with E-state index in [0.29, 0.717) is 19.3 Å². The van der Waals surface area contributed by atoms with Gasteiger partial charge in [0.1, 0.15) is 13.2 Å². The van der Waals surface area contributed by atoms with Crippen molar-refractivity contribution in [1.82, 2.24) is 0 Å². The Hall–Kier alpha value is -1.85. The topological polar surface area (TPSA) is 78.9 Å². The smallest absolute Gasteiger partial charge is 0.306 e. The number of carbonyl (C=O) groups is 3. The number of ether oxygens (including phenoxy) is 3. The Morgan fingerprint density at radius 1 is 0.241 bits per heavy atom. The highest BCUT2D eigenvalue weighted by molar-refractivity contribution is 5.71. The van der Waals surface area contributed by atoms with Crippen LogP contribution in [0.15, 0.2) is 12.2 Å². The maximum atomic E-state index is 12.9. The number of rotatable bonds is 68. The Bertz CT molecular complexity index is 1230. The van der Waals surface area contributed by atoms with Gasteiger partial charge in [0, 0.05) is 19.3 Å². The van der Waals surface area contributed by atoms with E-state index in [0.717, 1.165) is 64.2 Å². The van der Waals surface area contributed by atoms with Crippen LogP contribution < -0.4 is 0 Å². The molecule has 468 valence electrons. The van der Waals surface area contributed by atoms with Crippen LogP contribution in [0.4, 0.5) is 0 Å². The fourth-order valence-electron chi connectivity index (χ4n) is 11.3. The highest BCUT2D eigenvalue weighted by Crippen LogP contribution is 2.19. The summed E-state index contributed by atoms with van der Waals surface area (Å²) in [5, 5.41) is 0. The molecule has 0 aromatic rings. The van der Waals surface area contributed by atoms with Crippen molar-refractivity contribution in [3.8, 4) is 0 Å². The number of unbranched alkanes of at least 4 members (excludes halogenated alkanes) is 55. The summed E-state index contributed by atoms with van der Waals surface area (Å²) in [7, 11) is 0. The summed E-state index contributed by atoms with van der Waals surface area (Å²) < 4.78 is 17.0. The van der Waals surface area contributed by atoms with Crippen LogP contribution in [0.5, 0.6) is 0 Å². The second-order valence-corrected chi connectivity index (χ2v) is 24.9.